The minimum Gasteiger partial charge on any atom is -0.483 e. The molecule has 3 heterocycles. The minimum absolute atomic E-state index is 0.141. The van der Waals surface area contributed by atoms with Crippen molar-refractivity contribution in [2.75, 3.05) is 20.1 Å². The van der Waals surface area contributed by atoms with Gasteiger partial charge >= 0.3 is 7.12 Å². The van der Waals surface area contributed by atoms with Crippen molar-refractivity contribution in [2.24, 2.45) is 0 Å². The molecule has 3 aliphatic heterocycles. The van der Waals surface area contributed by atoms with Crippen LogP contribution in [0, 0.1) is 0 Å². The Kier molecular flexibility index (Phi) is 3.25. The van der Waals surface area contributed by atoms with Crippen molar-refractivity contribution >= 4 is 18.4 Å². The maximum absolute atomic E-state index is 12.6. The van der Waals surface area contributed by atoms with Gasteiger partial charge in [-0.15, -0.1) is 0 Å². The van der Waals surface area contributed by atoms with Crippen molar-refractivity contribution in [3.05, 3.63) is 23.8 Å². The van der Waals surface area contributed by atoms with Crippen molar-refractivity contribution in [2.45, 2.75) is 50.9 Å². The summed E-state index contributed by atoms with van der Waals surface area (Å²) in [6, 6.07) is 5.69. The number of carbonyl (C=O) groups is 1. The van der Waals surface area contributed by atoms with Crippen LogP contribution in [0.25, 0.3) is 0 Å². The van der Waals surface area contributed by atoms with Gasteiger partial charge in [-0.1, -0.05) is 6.07 Å². The van der Waals surface area contributed by atoms with Crippen LogP contribution >= 0.6 is 0 Å². The van der Waals surface area contributed by atoms with E-state index in [2.05, 4.69) is 4.90 Å². The Morgan fingerprint density at radius 2 is 1.71 bits per heavy atom. The van der Waals surface area contributed by atoms with Crippen LogP contribution in [0.15, 0.2) is 18.2 Å². The third-order valence-corrected chi connectivity index (χ3v) is 5.75. The molecule has 2 saturated heterocycles. The molecule has 0 unspecified atom stereocenters. The number of ether oxygens (including phenoxy) is 1. The Bertz CT molecular complexity index is 693. The number of carbonyl (C=O) groups excluding carboxylic acids is 1. The van der Waals surface area contributed by atoms with E-state index in [9.17, 15) is 4.79 Å². The fraction of sp³-hybridized carbons (Fsp3) is 0.611. The molecule has 0 amide bonds. The highest BCUT2D eigenvalue weighted by atomic mass is 16.7. The number of rotatable bonds is 1. The second-order valence-electron chi connectivity index (χ2n) is 8.40. The van der Waals surface area contributed by atoms with Gasteiger partial charge < -0.3 is 14.0 Å². The van der Waals surface area contributed by atoms with Gasteiger partial charge in [-0.2, -0.15) is 0 Å². The van der Waals surface area contributed by atoms with Gasteiger partial charge in [-0.05, 0) is 52.3 Å². The fourth-order valence-corrected chi connectivity index (χ4v) is 3.75. The molecule has 3 aliphatic rings. The number of ketones is 1. The Balaban J connectivity index is 1.61. The number of hydrogen-bond donors (Lipinski definition) is 0. The topological polar surface area (TPSA) is 48.0 Å². The molecule has 0 radical (unpaired) electrons. The summed E-state index contributed by atoms with van der Waals surface area (Å²) in [6.45, 7) is 9.70. The van der Waals surface area contributed by atoms with Gasteiger partial charge in [-0.3, -0.25) is 9.69 Å². The molecular weight excluding hydrogens is 305 g/mol. The first-order valence-corrected chi connectivity index (χ1v) is 8.51. The van der Waals surface area contributed by atoms with E-state index in [-0.39, 0.29) is 11.4 Å². The molecule has 0 bridgehead atoms. The van der Waals surface area contributed by atoms with E-state index in [1.54, 1.807) is 0 Å². The van der Waals surface area contributed by atoms with Crippen LogP contribution in [-0.4, -0.2) is 54.7 Å². The lowest BCUT2D eigenvalue weighted by atomic mass is 9.76. The van der Waals surface area contributed by atoms with Crippen LogP contribution < -0.4 is 10.2 Å². The standard InChI is InChI=1S/C18H24BNO4/c1-16(2)17(3,4)24-19(23-16)12-6-7-15-13(8-12)14(21)9-18(22-15)10-20(5)11-18/h6-8H,9-11H2,1-5H3. The lowest BCUT2D eigenvalue weighted by Gasteiger charge is -2.49. The molecule has 4 rings (SSSR count). The molecule has 0 aliphatic carbocycles. The number of fused-ring (bicyclic) bond motifs is 1. The fourth-order valence-electron chi connectivity index (χ4n) is 3.75. The van der Waals surface area contributed by atoms with Gasteiger partial charge in [0.15, 0.2) is 5.78 Å². The number of likely N-dealkylation sites (tertiary alicyclic amines) is 1. The monoisotopic (exact) mass is 329 g/mol. The average Bonchev–Trinajstić information content (AvgIpc) is 2.66. The molecule has 24 heavy (non-hydrogen) atoms. The van der Waals surface area contributed by atoms with Crippen molar-refractivity contribution < 1.29 is 18.8 Å². The average molecular weight is 329 g/mol. The van der Waals surface area contributed by atoms with Gasteiger partial charge in [-0.25, -0.2) is 0 Å². The summed E-state index contributed by atoms with van der Waals surface area (Å²) in [4.78, 5) is 14.8. The second kappa shape index (κ2) is 4.84. The summed E-state index contributed by atoms with van der Waals surface area (Å²) >= 11 is 0. The van der Waals surface area contributed by atoms with Crippen LogP contribution in [0.4, 0.5) is 0 Å². The Labute approximate surface area is 143 Å². The Hall–Kier alpha value is -1.37. The molecular formula is C18H24BNO4. The van der Waals surface area contributed by atoms with Crippen molar-refractivity contribution in [1.29, 1.82) is 0 Å². The Morgan fingerprint density at radius 3 is 2.29 bits per heavy atom. The van der Waals surface area contributed by atoms with Gasteiger partial charge in [0.1, 0.15) is 11.4 Å². The lowest BCUT2D eigenvalue weighted by Crippen LogP contribution is -2.65. The zero-order valence-electron chi connectivity index (χ0n) is 15.0. The highest BCUT2D eigenvalue weighted by molar-refractivity contribution is 6.62. The minimum atomic E-state index is -0.459. The second-order valence-corrected chi connectivity index (χ2v) is 8.40. The maximum atomic E-state index is 12.6. The van der Waals surface area contributed by atoms with Gasteiger partial charge in [0.05, 0.1) is 23.2 Å². The smallest absolute Gasteiger partial charge is 0.483 e. The molecule has 128 valence electrons. The molecule has 1 aromatic rings. The van der Waals surface area contributed by atoms with E-state index < -0.39 is 18.3 Å². The molecule has 0 atom stereocenters. The predicted molar refractivity (Wildman–Crippen MR) is 92.0 cm³/mol. The van der Waals surface area contributed by atoms with E-state index in [1.807, 2.05) is 52.9 Å². The SMILES string of the molecule is CN1CC2(CC(=O)c3cc(B4OC(C)(C)C(C)(C)O4)ccc3O2)C1. The number of Topliss-reactive ketones (excluding diaryl/α,β-unsaturated/α-hetero) is 1. The number of benzene rings is 1. The first kappa shape index (κ1) is 16.1. The van der Waals surface area contributed by atoms with Gasteiger partial charge in [0, 0.05) is 13.1 Å². The molecule has 2 fully saturated rings. The molecule has 0 N–H and O–H groups in total. The van der Waals surface area contributed by atoms with Crippen LogP contribution in [0.2, 0.25) is 0 Å². The van der Waals surface area contributed by atoms with Crippen LogP contribution in [-0.2, 0) is 9.31 Å². The first-order chi connectivity index (χ1) is 11.1. The molecule has 5 nitrogen and oxygen atoms in total. The molecule has 1 spiro atoms. The quantitative estimate of drug-likeness (QED) is 0.733. The van der Waals surface area contributed by atoms with E-state index in [0.29, 0.717) is 17.7 Å². The summed E-state index contributed by atoms with van der Waals surface area (Å²) < 4.78 is 18.3. The third kappa shape index (κ3) is 2.31. The molecule has 6 heteroatoms. The number of likely N-dealkylation sites (N-methyl/N-ethyl adjacent to an activating group) is 1. The number of nitrogens with zero attached hydrogens (tertiary/aromatic N) is 1. The van der Waals surface area contributed by atoms with Crippen molar-refractivity contribution in [1.82, 2.24) is 4.90 Å². The van der Waals surface area contributed by atoms with Gasteiger partial charge in [0.25, 0.3) is 0 Å². The zero-order chi connectivity index (χ0) is 17.3. The summed E-state index contributed by atoms with van der Waals surface area (Å²) in [7, 11) is 1.58. The molecule has 1 aromatic carbocycles. The van der Waals surface area contributed by atoms with E-state index in [1.165, 1.54) is 0 Å². The Morgan fingerprint density at radius 1 is 1.08 bits per heavy atom. The van der Waals surface area contributed by atoms with Crippen LogP contribution in [0.3, 0.4) is 0 Å². The molecule has 0 aromatic heterocycles. The first-order valence-electron chi connectivity index (χ1n) is 8.51. The highest BCUT2D eigenvalue weighted by Crippen LogP contribution is 2.39. The zero-order valence-corrected chi connectivity index (χ0v) is 15.0. The van der Waals surface area contributed by atoms with Gasteiger partial charge in [0.2, 0.25) is 0 Å². The predicted octanol–water partition coefficient (Wildman–Crippen LogP) is 1.64. The van der Waals surface area contributed by atoms with Crippen molar-refractivity contribution in [3.8, 4) is 5.75 Å². The normalized spacial score (nSPS) is 26.9. The number of hydrogen-bond acceptors (Lipinski definition) is 5. The highest BCUT2D eigenvalue weighted by Gasteiger charge is 2.52. The van der Waals surface area contributed by atoms with Crippen LogP contribution in [0.5, 0.6) is 5.75 Å². The van der Waals surface area contributed by atoms with Crippen LogP contribution in [0.1, 0.15) is 44.5 Å². The maximum Gasteiger partial charge on any atom is 0.494 e. The van der Waals surface area contributed by atoms with E-state index >= 15 is 0 Å². The van der Waals surface area contributed by atoms with Crippen molar-refractivity contribution in [3.63, 3.8) is 0 Å². The third-order valence-electron chi connectivity index (χ3n) is 5.75. The summed E-state index contributed by atoms with van der Waals surface area (Å²) in [5.74, 6) is 0.822. The largest absolute Gasteiger partial charge is 0.494 e. The molecule has 0 saturated carbocycles. The van der Waals surface area contributed by atoms with E-state index in [0.717, 1.165) is 18.6 Å². The van der Waals surface area contributed by atoms with E-state index in [4.69, 9.17) is 14.0 Å². The summed E-state index contributed by atoms with van der Waals surface area (Å²) in [5, 5.41) is 0. The summed E-state index contributed by atoms with van der Waals surface area (Å²) in [6.07, 6.45) is 0.442. The summed E-state index contributed by atoms with van der Waals surface area (Å²) in [5.41, 5.74) is 0.391. The lowest BCUT2D eigenvalue weighted by molar-refractivity contribution is -0.0689.